The van der Waals surface area contributed by atoms with E-state index in [0.717, 1.165) is 5.56 Å². The van der Waals surface area contributed by atoms with E-state index >= 15 is 0 Å². The number of hydrogen-bond donors (Lipinski definition) is 0. The second-order valence-corrected chi connectivity index (χ2v) is 7.80. The van der Waals surface area contributed by atoms with Gasteiger partial charge < -0.3 is 0 Å². The van der Waals surface area contributed by atoms with Crippen LogP contribution < -0.4 is 9.96 Å². The number of hydroxylamine groups is 1. The van der Waals surface area contributed by atoms with Gasteiger partial charge in [-0.15, -0.1) is 0 Å². The van der Waals surface area contributed by atoms with Crippen molar-refractivity contribution < 1.29 is 19.3 Å². The summed E-state index contributed by atoms with van der Waals surface area (Å²) < 4.78 is 0. The Kier molecular flexibility index (Phi) is 4.71. The van der Waals surface area contributed by atoms with E-state index in [-0.39, 0.29) is 11.6 Å². The van der Waals surface area contributed by atoms with Gasteiger partial charge in [-0.25, -0.2) is 9.96 Å². The summed E-state index contributed by atoms with van der Waals surface area (Å²) in [5.41, 5.74) is 2.63. The molecular formula is C24H19N3O5. The molecule has 8 nitrogen and oxygen atoms in total. The summed E-state index contributed by atoms with van der Waals surface area (Å²) in [6, 6.07) is 21.8. The van der Waals surface area contributed by atoms with Crippen LogP contribution in [0.2, 0.25) is 0 Å². The smallest absolute Gasteiger partial charge is 0.269 e. The lowest BCUT2D eigenvalue weighted by Crippen LogP contribution is -2.37. The Balaban J connectivity index is 1.59. The van der Waals surface area contributed by atoms with Gasteiger partial charge in [0.15, 0.2) is 6.10 Å². The van der Waals surface area contributed by atoms with Crippen molar-refractivity contribution in [3.05, 3.63) is 100 Å². The highest BCUT2D eigenvalue weighted by atomic mass is 16.7. The van der Waals surface area contributed by atoms with Crippen LogP contribution in [0, 0.1) is 23.0 Å². The monoisotopic (exact) mass is 429 g/mol. The molecule has 5 rings (SSSR count). The van der Waals surface area contributed by atoms with Crippen LogP contribution in [0.25, 0.3) is 0 Å². The maximum Gasteiger partial charge on any atom is 0.269 e. The molecule has 3 aromatic carbocycles. The van der Waals surface area contributed by atoms with Gasteiger partial charge in [-0.05, 0) is 36.2 Å². The lowest BCUT2D eigenvalue weighted by atomic mass is 9.90. The molecular weight excluding hydrogens is 410 g/mol. The zero-order valence-electron chi connectivity index (χ0n) is 17.1. The number of anilines is 2. The summed E-state index contributed by atoms with van der Waals surface area (Å²) in [5, 5.41) is 12.7. The molecule has 2 saturated heterocycles. The largest absolute Gasteiger partial charge is 0.273 e. The molecule has 8 heteroatoms. The van der Waals surface area contributed by atoms with Gasteiger partial charge >= 0.3 is 0 Å². The minimum absolute atomic E-state index is 0.0501. The molecule has 32 heavy (non-hydrogen) atoms. The molecule has 0 aromatic heterocycles. The highest BCUT2D eigenvalue weighted by Crippen LogP contribution is 2.48. The quantitative estimate of drug-likeness (QED) is 0.354. The molecule has 0 aliphatic carbocycles. The third-order valence-corrected chi connectivity index (χ3v) is 5.93. The lowest BCUT2D eigenvalue weighted by molar-refractivity contribution is -0.384. The van der Waals surface area contributed by atoms with E-state index in [1.807, 2.05) is 49.4 Å². The zero-order chi connectivity index (χ0) is 22.4. The number of rotatable bonds is 4. The number of carbonyl (C=O) groups excluding carboxylic acids is 2. The van der Waals surface area contributed by atoms with Crippen LogP contribution in [0.4, 0.5) is 17.1 Å². The highest BCUT2D eigenvalue weighted by Gasteiger charge is 2.60. The predicted octanol–water partition coefficient (Wildman–Crippen LogP) is 3.95. The number of benzene rings is 3. The summed E-state index contributed by atoms with van der Waals surface area (Å²) >= 11 is 0. The van der Waals surface area contributed by atoms with E-state index in [9.17, 15) is 19.7 Å². The Labute approximate surface area is 183 Å². The van der Waals surface area contributed by atoms with E-state index in [4.69, 9.17) is 4.84 Å². The van der Waals surface area contributed by atoms with Gasteiger partial charge in [0.2, 0.25) is 5.91 Å². The van der Waals surface area contributed by atoms with Crippen molar-refractivity contribution in [3.63, 3.8) is 0 Å². The van der Waals surface area contributed by atoms with Crippen molar-refractivity contribution in [2.45, 2.75) is 19.1 Å². The Morgan fingerprint density at radius 2 is 1.53 bits per heavy atom. The predicted molar refractivity (Wildman–Crippen MR) is 117 cm³/mol. The van der Waals surface area contributed by atoms with Crippen molar-refractivity contribution in [2.75, 3.05) is 9.96 Å². The topological polar surface area (TPSA) is 93.0 Å². The first kappa shape index (κ1) is 19.9. The number of para-hydroxylation sites is 2. The first-order chi connectivity index (χ1) is 15.5. The molecule has 0 N–H and O–H groups in total. The molecule has 2 amide bonds. The third kappa shape index (κ3) is 3.04. The minimum Gasteiger partial charge on any atom is -0.273 e. The van der Waals surface area contributed by atoms with Gasteiger partial charge in [0, 0.05) is 12.1 Å². The molecule has 0 saturated carbocycles. The molecule has 2 aliphatic heterocycles. The molecule has 2 fully saturated rings. The van der Waals surface area contributed by atoms with E-state index < -0.39 is 28.9 Å². The number of carbonyl (C=O) groups is 2. The van der Waals surface area contributed by atoms with Crippen LogP contribution in [0.3, 0.4) is 0 Å². The Bertz CT molecular complexity index is 1210. The fourth-order valence-corrected chi connectivity index (χ4v) is 4.40. The van der Waals surface area contributed by atoms with Crippen molar-refractivity contribution in [1.82, 2.24) is 0 Å². The SMILES string of the molecule is Cc1ccccc1N1C(=O)[C@@H]2[C@H](ON(c3ccccc3)[C@H]2c2ccc([N+](=O)[O-])cc2)C1=O. The molecule has 0 bridgehead atoms. The van der Waals surface area contributed by atoms with Crippen LogP contribution in [0.15, 0.2) is 78.9 Å². The molecule has 0 spiro atoms. The second-order valence-electron chi connectivity index (χ2n) is 7.80. The summed E-state index contributed by atoms with van der Waals surface area (Å²) in [7, 11) is 0. The lowest BCUT2D eigenvalue weighted by Gasteiger charge is -2.29. The zero-order valence-corrected chi connectivity index (χ0v) is 17.1. The fourth-order valence-electron chi connectivity index (χ4n) is 4.40. The van der Waals surface area contributed by atoms with Crippen LogP contribution in [-0.2, 0) is 14.4 Å². The molecule has 2 aliphatic rings. The summed E-state index contributed by atoms with van der Waals surface area (Å²) in [4.78, 5) is 44.8. The number of amides is 2. The van der Waals surface area contributed by atoms with Gasteiger partial charge in [0.1, 0.15) is 5.92 Å². The molecule has 3 aromatic rings. The van der Waals surface area contributed by atoms with E-state index in [2.05, 4.69) is 0 Å². The molecule has 2 heterocycles. The van der Waals surface area contributed by atoms with Crippen molar-refractivity contribution in [3.8, 4) is 0 Å². The van der Waals surface area contributed by atoms with Crippen molar-refractivity contribution >= 4 is 28.9 Å². The third-order valence-electron chi connectivity index (χ3n) is 5.93. The van der Waals surface area contributed by atoms with Crippen LogP contribution in [0.5, 0.6) is 0 Å². The molecule has 3 atom stereocenters. The number of imide groups is 1. The highest BCUT2D eigenvalue weighted by molar-refractivity contribution is 6.24. The average molecular weight is 429 g/mol. The Morgan fingerprint density at radius 3 is 2.19 bits per heavy atom. The van der Waals surface area contributed by atoms with Crippen LogP contribution >= 0.6 is 0 Å². The number of hydrogen-bond acceptors (Lipinski definition) is 6. The number of non-ortho nitro benzene ring substituents is 1. The van der Waals surface area contributed by atoms with Gasteiger partial charge in [-0.2, -0.15) is 0 Å². The minimum atomic E-state index is -0.984. The summed E-state index contributed by atoms with van der Waals surface area (Å²) in [5.74, 6) is -1.56. The van der Waals surface area contributed by atoms with Crippen molar-refractivity contribution in [1.29, 1.82) is 0 Å². The average Bonchev–Trinajstić information content (AvgIpc) is 3.31. The van der Waals surface area contributed by atoms with Crippen molar-refractivity contribution in [2.24, 2.45) is 5.92 Å². The van der Waals surface area contributed by atoms with E-state index in [1.165, 1.54) is 17.0 Å². The number of nitrogens with zero attached hydrogens (tertiary/aromatic N) is 3. The van der Waals surface area contributed by atoms with E-state index in [1.54, 1.807) is 29.3 Å². The van der Waals surface area contributed by atoms with Gasteiger partial charge in [0.05, 0.1) is 22.3 Å². The maximum absolute atomic E-state index is 13.6. The first-order valence-corrected chi connectivity index (χ1v) is 10.2. The summed E-state index contributed by atoms with van der Waals surface area (Å²) in [6.07, 6.45) is -0.984. The normalized spacial score (nSPS) is 22.3. The Morgan fingerprint density at radius 1 is 0.875 bits per heavy atom. The molecule has 160 valence electrons. The molecule has 0 radical (unpaired) electrons. The number of nitro benzene ring substituents is 1. The number of aryl methyl sites for hydroxylation is 1. The Hall–Kier alpha value is -4.04. The fraction of sp³-hybridized carbons (Fsp3) is 0.167. The van der Waals surface area contributed by atoms with E-state index in [0.29, 0.717) is 16.9 Å². The first-order valence-electron chi connectivity index (χ1n) is 10.2. The van der Waals surface area contributed by atoms with Crippen LogP contribution in [0.1, 0.15) is 17.2 Å². The maximum atomic E-state index is 13.6. The second kappa shape index (κ2) is 7.58. The summed E-state index contributed by atoms with van der Waals surface area (Å²) in [6.45, 7) is 1.84. The van der Waals surface area contributed by atoms with Gasteiger partial charge in [0.25, 0.3) is 11.6 Å². The molecule has 0 unspecified atom stereocenters. The standard InChI is InChI=1S/C24H19N3O5/c1-15-7-5-6-10-19(15)25-23(28)20-21(16-11-13-18(14-12-16)27(30)31)26(32-22(20)24(25)29)17-8-3-2-4-9-17/h2-14,20-22H,1H3/t20-,21-,22-/m0/s1. The number of nitro groups is 1. The number of fused-ring (bicyclic) bond motifs is 1. The van der Waals surface area contributed by atoms with Crippen LogP contribution in [-0.4, -0.2) is 22.8 Å². The van der Waals surface area contributed by atoms with Gasteiger partial charge in [-0.3, -0.25) is 24.5 Å². The van der Waals surface area contributed by atoms with Gasteiger partial charge in [-0.1, -0.05) is 48.5 Å².